The Morgan fingerprint density at radius 3 is 2.25 bits per heavy atom. The van der Waals surface area contributed by atoms with Gasteiger partial charge in [0.15, 0.2) is 0 Å². The fourth-order valence-corrected chi connectivity index (χ4v) is 2.67. The maximum Gasteiger partial charge on any atom is 0.279 e. The lowest BCUT2D eigenvalue weighted by atomic mass is 10.4. The summed E-state index contributed by atoms with van der Waals surface area (Å²) in [5.41, 5.74) is -0.205. The first kappa shape index (κ1) is 10.4. The molecule has 6 heteroatoms. The zero-order chi connectivity index (χ0) is 9.41. The van der Waals surface area contributed by atoms with E-state index >= 15 is 0 Å². The van der Waals surface area contributed by atoms with Crippen molar-refractivity contribution in [3.63, 3.8) is 0 Å². The van der Waals surface area contributed by atoms with Gasteiger partial charge in [-0.2, -0.15) is 17.4 Å². The van der Waals surface area contributed by atoms with Crippen molar-refractivity contribution in [1.82, 2.24) is 9.03 Å². The Morgan fingerprint density at radius 2 is 2.00 bits per heavy atom. The smallest absolute Gasteiger partial charge is 0.195 e. The van der Waals surface area contributed by atoms with Crippen LogP contribution < -0.4 is 4.72 Å². The van der Waals surface area contributed by atoms with E-state index in [0.717, 1.165) is 12.8 Å². The molecule has 0 heterocycles. The van der Waals surface area contributed by atoms with Crippen LogP contribution in [0, 0.1) is 0 Å². The summed E-state index contributed by atoms with van der Waals surface area (Å²) in [5, 5.41) is 0.688. The number of hydrogen-bond donors (Lipinski definition) is 1. The van der Waals surface area contributed by atoms with Crippen molar-refractivity contribution >= 4 is 26.1 Å². The van der Waals surface area contributed by atoms with Gasteiger partial charge >= 0.3 is 0 Å². The van der Waals surface area contributed by atoms with Gasteiger partial charge in [-0.15, -0.1) is 0 Å². The van der Waals surface area contributed by atoms with Gasteiger partial charge in [-0.1, -0.05) is 15.9 Å². The molecular weight excluding hydrogens is 244 g/mol. The molecule has 0 aromatic heterocycles. The van der Waals surface area contributed by atoms with E-state index in [0.29, 0.717) is 5.33 Å². The summed E-state index contributed by atoms with van der Waals surface area (Å²) in [6, 6.07) is 0. The van der Waals surface area contributed by atoms with Gasteiger partial charge in [0.25, 0.3) is 10.2 Å². The van der Waals surface area contributed by atoms with Crippen LogP contribution in [-0.2, 0) is 10.2 Å². The van der Waals surface area contributed by atoms with Gasteiger partial charge in [0.05, 0.1) is 0 Å². The van der Waals surface area contributed by atoms with Crippen LogP contribution in [0.25, 0.3) is 0 Å². The van der Waals surface area contributed by atoms with Gasteiger partial charge in [0, 0.05) is 25.0 Å². The van der Waals surface area contributed by atoms with Crippen molar-refractivity contribution in [3.8, 4) is 0 Å². The number of alkyl halides is 1. The van der Waals surface area contributed by atoms with Crippen LogP contribution in [0.15, 0.2) is 0 Å². The van der Waals surface area contributed by atoms with Crippen molar-refractivity contribution in [2.45, 2.75) is 18.4 Å². The molecule has 12 heavy (non-hydrogen) atoms. The van der Waals surface area contributed by atoms with Crippen molar-refractivity contribution < 1.29 is 8.42 Å². The summed E-state index contributed by atoms with van der Waals surface area (Å²) in [4.78, 5) is 0. The van der Waals surface area contributed by atoms with E-state index < -0.39 is 10.2 Å². The van der Waals surface area contributed by atoms with Crippen LogP contribution in [0.1, 0.15) is 12.8 Å². The third-order valence-electron chi connectivity index (χ3n) is 1.94. The summed E-state index contributed by atoms with van der Waals surface area (Å²) in [6.07, 6.45) is 1.84. The Kier molecular flexibility index (Phi) is 2.82. The highest BCUT2D eigenvalue weighted by molar-refractivity contribution is 9.09. The molecule has 1 N–H and O–H groups in total. The molecule has 0 unspecified atom stereocenters. The fraction of sp³-hybridized carbons (Fsp3) is 1.00. The summed E-state index contributed by atoms with van der Waals surface area (Å²) < 4.78 is 26.5. The Balaban J connectivity index is 2.62. The monoisotopic (exact) mass is 256 g/mol. The molecule has 0 amide bonds. The number of nitrogens with one attached hydrogen (secondary N) is 1. The summed E-state index contributed by atoms with van der Waals surface area (Å²) >= 11 is 3.29. The van der Waals surface area contributed by atoms with Gasteiger partial charge < -0.3 is 0 Å². The van der Waals surface area contributed by atoms with Gasteiger partial charge in [0.1, 0.15) is 0 Å². The minimum atomic E-state index is -3.25. The molecule has 72 valence electrons. The molecule has 0 aromatic rings. The quantitative estimate of drug-likeness (QED) is 0.737. The first-order chi connectivity index (χ1) is 5.42. The largest absolute Gasteiger partial charge is 0.279 e. The van der Waals surface area contributed by atoms with Crippen molar-refractivity contribution in [2.75, 3.05) is 19.4 Å². The van der Waals surface area contributed by atoms with Crippen molar-refractivity contribution in [2.24, 2.45) is 0 Å². The third-order valence-corrected chi connectivity index (χ3v) is 4.66. The number of nitrogens with zero attached hydrogens (tertiary/aromatic N) is 1. The van der Waals surface area contributed by atoms with Crippen LogP contribution in [-0.4, -0.2) is 37.7 Å². The molecule has 0 aliphatic heterocycles. The average molecular weight is 257 g/mol. The summed E-state index contributed by atoms with van der Waals surface area (Å²) in [7, 11) is -0.211. The van der Waals surface area contributed by atoms with E-state index in [1.54, 1.807) is 0 Å². The standard InChI is InChI=1S/C6H13BrN2O2S/c1-9(2)12(10,11)8-6(5-7)3-4-6/h8H,3-5H2,1-2H3. The van der Waals surface area contributed by atoms with E-state index in [4.69, 9.17) is 0 Å². The lowest BCUT2D eigenvalue weighted by molar-refractivity contribution is 0.490. The lowest BCUT2D eigenvalue weighted by Gasteiger charge is -2.18. The molecule has 1 rings (SSSR count). The predicted molar refractivity (Wildman–Crippen MR) is 51.5 cm³/mol. The van der Waals surface area contributed by atoms with E-state index in [1.165, 1.54) is 18.4 Å². The summed E-state index contributed by atoms with van der Waals surface area (Å²) in [6.45, 7) is 0. The highest BCUT2D eigenvalue weighted by Crippen LogP contribution is 2.37. The highest BCUT2D eigenvalue weighted by atomic mass is 79.9. The van der Waals surface area contributed by atoms with Crippen LogP contribution in [0.3, 0.4) is 0 Å². The Morgan fingerprint density at radius 1 is 1.50 bits per heavy atom. The Hall–Kier alpha value is 0.350. The molecule has 0 bridgehead atoms. The Bertz CT molecular complexity index is 259. The minimum absolute atomic E-state index is 0.205. The first-order valence-electron chi connectivity index (χ1n) is 3.69. The maximum atomic E-state index is 11.3. The molecule has 0 radical (unpaired) electrons. The molecule has 4 nitrogen and oxygen atoms in total. The molecule has 0 aromatic carbocycles. The van der Waals surface area contributed by atoms with Crippen LogP contribution in [0.5, 0.6) is 0 Å². The zero-order valence-electron chi connectivity index (χ0n) is 7.17. The number of halogens is 1. The summed E-state index contributed by atoms with van der Waals surface area (Å²) in [5.74, 6) is 0. The molecule has 1 aliphatic rings. The predicted octanol–water partition coefficient (Wildman–Crippen LogP) is 0.310. The molecular formula is C6H13BrN2O2S. The average Bonchev–Trinajstić information content (AvgIpc) is 2.68. The topological polar surface area (TPSA) is 49.4 Å². The third kappa shape index (κ3) is 2.18. The van der Waals surface area contributed by atoms with Crippen LogP contribution in [0.4, 0.5) is 0 Å². The second kappa shape index (κ2) is 3.25. The normalized spacial score (nSPS) is 21.3. The van der Waals surface area contributed by atoms with Gasteiger partial charge in [-0.05, 0) is 12.8 Å². The van der Waals surface area contributed by atoms with Crippen molar-refractivity contribution in [3.05, 3.63) is 0 Å². The van der Waals surface area contributed by atoms with Gasteiger partial charge in [-0.25, -0.2) is 0 Å². The SMILES string of the molecule is CN(C)S(=O)(=O)NC1(CBr)CC1. The van der Waals surface area contributed by atoms with E-state index in [1.807, 2.05) is 0 Å². The molecule has 1 saturated carbocycles. The molecule has 0 spiro atoms. The maximum absolute atomic E-state index is 11.3. The van der Waals surface area contributed by atoms with Crippen LogP contribution >= 0.6 is 15.9 Å². The second-order valence-corrected chi connectivity index (χ2v) is 5.75. The van der Waals surface area contributed by atoms with E-state index in [9.17, 15) is 8.42 Å². The van der Waals surface area contributed by atoms with E-state index in [-0.39, 0.29) is 5.54 Å². The lowest BCUT2D eigenvalue weighted by Crippen LogP contribution is -2.44. The minimum Gasteiger partial charge on any atom is -0.195 e. The number of hydrogen-bond acceptors (Lipinski definition) is 2. The van der Waals surface area contributed by atoms with E-state index in [2.05, 4.69) is 20.7 Å². The fourth-order valence-electron chi connectivity index (χ4n) is 0.779. The van der Waals surface area contributed by atoms with Crippen LogP contribution in [0.2, 0.25) is 0 Å². The van der Waals surface area contributed by atoms with Crippen molar-refractivity contribution in [1.29, 1.82) is 0 Å². The Labute approximate surface area is 81.6 Å². The molecule has 1 fully saturated rings. The first-order valence-corrected chi connectivity index (χ1v) is 6.25. The molecule has 0 atom stereocenters. The molecule has 0 saturated heterocycles. The number of rotatable bonds is 4. The van der Waals surface area contributed by atoms with Gasteiger partial charge in [0.2, 0.25) is 0 Å². The van der Waals surface area contributed by atoms with Gasteiger partial charge in [-0.3, -0.25) is 0 Å². The highest BCUT2D eigenvalue weighted by Gasteiger charge is 2.45. The second-order valence-electron chi connectivity index (χ2n) is 3.30. The zero-order valence-corrected chi connectivity index (χ0v) is 9.57. The molecule has 1 aliphatic carbocycles.